The molecule has 2 amide bonds. The van der Waals surface area contributed by atoms with Crippen LogP contribution in [-0.4, -0.2) is 24.8 Å². The van der Waals surface area contributed by atoms with Gasteiger partial charge in [-0.15, -0.1) is 0 Å². The molecule has 9 nitrogen and oxygen atoms in total. The van der Waals surface area contributed by atoms with Crippen LogP contribution in [0.15, 0.2) is 38.4 Å². The Labute approximate surface area is 143 Å². The summed E-state index contributed by atoms with van der Waals surface area (Å²) in [7, 11) is -4.21. The molecule has 1 aromatic carbocycles. The molecule has 0 unspecified atom stereocenters. The van der Waals surface area contributed by atoms with E-state index in [1.165, 1.54) is 18.2 Å². The monoisotopic (exact) mass is 412 g/mol. The molecule has 1 aliphatic heterocycles. The van der Waals surface area contributed by atoms with E-state index in [-0.39, 0.29) is 32.0 Å². The van der Waals surface area contributed by atoms with Gasteiger partial charge in [-0.1, -0.05) is 6.07 Å². The molecule has 2 aromatic rings. The molecule has 5 N–H and O–H groups in total. The molecule has 0 bridgehead atoms. The molecule has 0 spiro atoms. The van der Waals surface area contributed by atoms with Crippen molar-refractivity contribution >= 4 is 43.6 Å². The number of aromatic nitrogens is 1. The molecule has 0 aliphatic carbocycles. The van der Waals surface area contributed by atoms with Gasteiger partial charge in [-0.2, -0.15) is 0 Å². The van der Waals surface area contributed by atoms with Crippen LogP contribution in [-0.2, 0) is 10.0 Å². The third-order valence-electron chi connectivity index (χ3n) is 3.42. The van der Waals surface area contributed by atoms with E-state index in [1.807, 2.05) is 5.32 Å². The van der Waals surface area contributed by atoms with Crippen LogP contribution in [0, 0.1) is 0 Å². The molecule has 0 saturated carbocycles. The van der Waals surface area contributed by atoms with Gasteiger partial charge >= 0.3 is 0 Å². The van der Waals surface area contributed by atoms with E-state index >= 15 is 0 Å². The number of imide groups is 1. The Kier molecular flexibility index (Phi) is 3.59. The number of amides is 2. The van der Waals surface area contributed by atoms with Crippen molar-refractivity contribution in [2.24, 2.45) is 5.14 Å². The molecule has 2 heterocycles. The lowest BCUT2D eigenvalue weighted by Gasteiger charge is -2.15. The number of primary sulfonamides is 1. The second kappa shape index (κ2) is 5.26. The van der Waals surface area contributed by atoms with Gasteiger partial charge < -0.3 is 5.73 Å². The zero-order valence-corrected chi connectivity index (χ0v) is 14.1. The van der Waals surface area contributed by atoms with Crippen molar-refractivity contribution in [3.05, 3.63) is 50.2 Å². The highest BCUT2D eigenvalue weighted by atomic mass is 79.9. The number of nitrogens with two attached hydrogens (primary N) is 2. The second-order valence-corrected chi connectivity index (χ2v) is 7.26. The predicted molar refractivity (Wildman–Crippen MR) is 87.3 cm³/mol. The molecule has 0 fully saturated rings. The summed E-state index contributed by atoms with van der Waals surface area (Å²) in [6, 6.07) is 5.12. The Balaban J connectivity index is 2.46. The highest BCUT2D eigenvalue weighted by Crippen LogP contribution is 2.30. The number of fused-ring (bicyclic) bond motifs is 1. The quantitative estimate of drug-likeness (QED) is 0.575. The minimum absolute atomic E-state index is 0.120. The number of halogens is 1. The van der Waals surface area contributed by atoms with Gasteiger partial charge in [0.1, 0.15) is 10.7 Å². The van der Waals surface area contributed by atoms with Crippen LogP contribution < -0.4 is 21.7 Å². The average molecular weight is 413 g/mol. The molecule has 11 heteroatoms. The molecule has 1 aliphatic rings. The van der Waals surface area contributed by atoms with Crippen molar-refractivity contribution < 1.29 is 18.0 Å². The Bertz CT molecular complexity index is 1090. The van der Waals surface area contributed by atoms with E-state index in [0.717, 1.165) is 10.6 Å². The van der Waals surface area contributed by atoms with E-state index < -0.39 is 27.4 Å². The standard InChI is InChI=1S/C13H9BrN4O5S/c14-6-2-1-3-7(10(6)24(16,22)23)18-8(19)4-5-9(11(18)15)13(21)17-12(5)20/h1-4H,15H2,(H2,16,22,23)(H,17,20,21). The fourth-order valence-electron chi connectivity index (χ4n) is 2.48. The Morgan fingerprint density at radius 3 is 2.42 bits per heavy atom. The molecule has 124 valence electrons. The van der Waals surface area contributed by atoms with Crippen LogP contribution in [0.2, 0.25) is 0 Å². The molecular weight excluding hydrogens is 404 g/mol. The van der Waals surface area contributed by atoms with Gasteiger partial charge in [-0.25, -0.2) is 13.6 Å². The summed E-state index contributed by atoms with van der Waals surface area (Å²) in [5, 5.41) is 7.23. The van der Waals surface area contributed by atoms with Crippen LogP contribution in [0.3, 0.4) is 0 Å². The number of pyridine rings is 1. The van der Waals surface area contributed by atoms with Crippen molar-refractivity contribution in [2.75, 3.05) is 5.73 Å². The van der Waals surface area contributed by atoms with E-state index in [2.05, 4.69) is 15.9 Å². The average Bonchev–Trinajstić information content (AvgIpc) is 2.72. The van der Waals surface area contributed by atoms with Crippen molar-refractivity contribution in [3.63, 3.8) is 0 Å². The van der Waals surface area contributed by atoms with Crippen LogP contribution in [0.1, 0.15) is 20.7 Å². The zero-order chi connectivity index (χ0) is 17.8. The molecule has 0 saturated heterocycles. The third kappa shape index (κ3) is 2.33. The molecule has 0 atom stereocenters. The first-order valence-corrected chi connectivity index (χ1v) is 8.69. The summed E-state index contributed by atoms with van der Waals surface area (Å²) in [5.41, 5.74) is 4.61. The second-order valence-electron chi connectivity index (χ2n) is 4.91. The van der Waals surface area contributed by atoms with E-state index in [4.69, 9.17) is 10.9 Å². The van der Waals surface area contributed by atoms with Crippen LogP contribution in [0.25, 0.3) is 5.69 Å². The summed E-state index contributed by atoms with van der Waals surface area (Å²) >= 11 is 3.06. The summed E-state index contributed by atoms with van der Waals surface area (Å²) in [6.45, 7) is 0. The van der Waals surface area contributed by atoms with Gasteiger partial charge in [0.15, 0.2) is 0 Å². The summed E-state index contributed by atoms with van der Waals surface area (Å²) in [4.78, 5) is 35.5. The van der Waals surface area contributed by atoms with Gasteiger partial charge in [0.2, 0.25) is 10.0 Å². The first kappa shape index (κ1) is 16.4. The Morgan fingerprint density at radius 2 is 1.79 bits per heavy atom. The minimum Gasteiger partial charge on any atom is -0.384 e. The van der Waals surface area contributed by atoms with Gasteiger partial charge in [-0.3, -0.25) is 24.3 Å². The number of carbonyl (C=O) groups is 2. The molecule has 1 aromatic heterocycles. The van der Waals surface area contributed by atoms with Crippen molar-refractivity contribution in [1.29, 1.82) is 0 Å². The Hall–Kier alpha value is -2.50. The first-order chi connectivity index (χ1) is 11.1. The lowest BCUT2D eigenvalue weighted by Crippen LogP contribution is -2.26. The number of hydrogen-bond donors (Lipinski definition) is 3. The number of nitrogens with one attached hydrogen (secondary N) is 1. The summed E-state index contributed by atoms with van der Waals surface area (Å²) < 4.78 is 24.7. The van der Waals surface area contributed by atoms with Gasteiger partial charge in [0.05, 0.1) is 16.8 Å². The largest absolute Gasteiger partial charge is 0.384 e. The maximum absolute atomic E-state index is 12.4. The van der Waals surface area contributed by atoms with E-state index in [0.29, 0.717) is 0 Å². The SMILES string of the molecule is Nc1c2c(cc(=O)n1-c1cccc(Br)c1S(N)(=O)=O)C(=O)NC2=O. The van der Waals surface area contributed by atoms with Crippen molar-refractivity contribution in [3.8, 4) is 5.69 Å². The lowest BCUT2D eigenvalue weighted by molar-refractivity contribution is 0.0880. The summed E-state index contributed by atoms with van der Waals surface area (Å²) in [5.74, 6) is -1.87. The fourth-order valence-corrected chi connectivity index (χ4v) is 4.31. The summed E-state index contributed by atoms with van der Waals surface area (Å²) in [6.07, 6.45) is 0. The number of rotatable bonds is 2. The number of nitrogens with zero attached hydrogens (tertiary/aromatic N) is 1. The van der Waals surface area contributed by atoms with Crippen LogP contribution in [0.5, 0.6) is 0 Å². The van der Waals surface area contributed by atoms with E-state index in [9.17, 15) is 22.8 Å². The van der Waals surface area contributed by atoms with Gasteiger partial charge in [-0.05, 0) is 28.1 Å². The highest BCUT2D eigenvalue weighted by molar-refractivity contribution is 9.10. The van der Waals surface area contributed by atoms with Crippen LogP contribution in [0.4, 0.5) is 5.82 Å². The van der Waals surface area contributed by atoms with E-state index in [1.54, 1.807) is 0 Å². The van der Waals surface area contributed by atoms with Crippen molar-refractivity contribution in [1.82, 2.24) is 9.88 Å². The normalized spacial score (nSPS) is 13.8. The molecule has 0 radical (unpaired) electrons. The van der Waals surface area contributed by atoms with Crippen LogP contribution >= 0.6 is 15.9 Å². The van der Waals surface area contributed by atoms with Gasteiger partial charge in [0.25, 0.3) is 17.4 Å². The molecular formula is C13H9BrN4O5S. The first-order valence-electron chi connectivity index (χ1n) is 6.36. The topological polar surface area (TPSA) is 154 Å². The predicted octanol–water partition coefficient (Wildman–Crippen LogP) is -0.287. The number of hydrogen-bond acceptors (Lipinski definition) is 6. The highest BCUT2D eigenvalue weighted by Gasteiger charge is 2.33. The third-order valence-corrected chi connectivity index (χ3v) is 5.35. The number of benzene rings is 1. The maximum Gasteiger partial charge on any atom is 0.262 e. The number of carbonyl (C=O) groups excluding carboxylic acids is 2. The minimum atomic E-state index is -4.21. The Morgan fingerprint density at radius 1 is 1.12 bits per heavy atom. The zero-order valence-electron chi connectivity index (χ0n) is 11.7. The number of anilines is 1. The maximum atomic E-state index is 12.4. The lowest BCUT2D eigenvalue weighted by atomic mass is 10.1. The molecule has 3 rings (SSSR count). The smallest absolute Gasteiger partial charge is 0.262 e. The number of sulfonamides is 1. The van der Waals surface area contributed by atoms with Crippen molar-refractivity contribution in [2.45, 2.75) is 4.90 Å². The fraction of sp³-hybridized carbons (Fsp3) is 0. The van der Waals surface area contributed by atoms with Gasteiger partial charge in [0, 0.05) is 10.5 Å². The molecule has 24 heavy (non-hydrogen) atoms. The number of nitrogen functional groups attached to an aromatic ring is 1.